The fourth-order valence-corrected chi connectivity index (χ4v) is 4.41. The summed E-state index contributed by atoms with van der Waals surface area (Å²) in [5, 5.41) is 0. The van der Waals surface area contributed by atoms with E-state index in [1.54, 1.807) is 11.3 Å². The van der Waals surface area contributed by atoms with E-state index in [1.165, 1.54) is 17.0 Å². The lowest BCUT2D eigenvalue weighted by atomic mass is 9.88. The van der Waals surface area contributed by atoms with Crippen molar-refractivity contribution in [2.24, 2.45) is 5.92 Å². The molecule has 2 aliphatic heterocycles. The van der Waals surface area contributed by atoms with Gasteiger partial charge in [0.2, 0.25) is 5.91 Å². The lowest BCUT2D eigenvalue weighted by Gasteiger charge is -2.41. The van der Waals surface area contributed by atoms with Gasteiger partial charge in [-0.05, 0) is 32.1 Å². The van der Waals surface area contributed by atoms with E-state index in [0.29, 0.717) is 17.9 Å². The third-order valence-electron chi connectivity index (χ3n) is 4.85. The van der Waals surface area contributed by atoms with Gasteiger partial charge in [-0.1, -0.05) is 0 Å². The first-order valence-electron chi connectivity index (χ1n) is 7.52. The van der Waals surface area contributed by atoms with Gasteiger partial charge in [-0.3, -0.25) is 9.69 Å². The van der Waals surface area contributed by atoms with Gasteiger partial charge >= 0.3 is 0 Å². The van der Waals surface area contributed by atoms with Crippen molar-refractivity contribution in [2.45, 2.75) is 45.2 Å². The highest BCUT2D eigenvalue weighted by Crippen LogP contribution is 2.30. The molecule has 0 unspecified atom stereocenters. The van der Waals surface area contributed by atoms with Crippen molar-refractivity contribution in [3.05, 3.63) is 16.1 Å². The SMILES string of the molecule is Cc1ncsc1CN1CC[C@@H]2[C@@H](CCCC(=O)N2C)C1. The normalized spacial score (nSPS) is 28.3. The van der Waals surface area contributed by atoms with E-state index in [2.05, 4.69) is 16.8 Å². The molecule has 3 rings (SSSR count). The topological polar surface area (TPSA) is 36.4 Å². The second kappa shape index (κ2) is 5.82. The molecule has 0 spiro atoms. The number of hydrogen-bond donors (Lipinski definition) is 0. The standard InChI is InChI=1S/C15H23N3OS/c1-11-14(20-10-16-11)9-18-7-6-13-12(8-18)4-3-5-15(19)17(13)2/h10,12-13H,3-9H2,1-2H3/t12-,13+/m0/s1. The van der Waals surface area contributed by atoms with Crippen LogP contribution in [-0.2, 0) is 11.3 Å². The summed E-state index contributed by atoms with van der Waals surface area (Å²) in [5.41, 5.74) is 3.11. The van der Waals surface area contributed by atoms with E-state index in [1.807, 2.05) is 17.5 Å². The zero-order valence-electron chi connectivity index (χ0n) is 12.3. The van der Waals surface area contributed by atoms with Crippen LogP contribution in [0.15, 0.2) is 5.51 Å². The summed E-state index contributed by atoms with van der Waals surface area (Å²) >= 11 is 1.76. The fourth-order valence-electron chi connectivity index (χ4n) is 3.59. The van der Waals surface area contributed by atoms with Crippen LogP contribution in [0.2, 0.25) is 0 Å². The maximum atomic E-state index is 12.0. The second-order valence-corrected chi connectivity index (χ2v) is 7.05. The number of aromatic nitrogens is 1. The molecule has 3 heterocycles. The Morgan fingerprint density at radius 3 is 3.05 bits per heavy atom. The highest BCUT2D eigenvalue weighted by atomic mass is 32.1. The van der Waals surface area contributed by atoms with Crippen LogP contribution in [0.4, 0.5) is 0 Å². The van der Waals surface area contributed by atoms with E-state index >= 15 is 0 Å². The van der Waals surface area contributed by atoms with Gasteiger partial charge in [0.05, 0.1) is 11.2 Å². The smallest absolute Gasteiger partial charge is 0.222 e. The molecule has 1 aromatic heterocycles. The molecule has 5 heteroatoms. The number of fused-ring (bicyclic) bond motifs is 1. The number of carbonyl (C=O) groups excluding carboxylic acids is 1. The van der Waals surface area contributed by atoms with Gasteiger partial charge in [-0.2, -0.15) is 0 Å². The minimum atomic E-state index is 0.337. The molecule has 0 saturated carbocycles. The van der Waals surface area contributed by atoms with Crippen molar-refractivity contribution in [1.82, 2.24) is 14.8 Å². The molecule has 110 valence electrons. The monoisotopic (exact) mass is 293 g/mol. The summed E-state index contributed by atoms with van der Waals surface area (Å²) in [4.78, 5) is 22.3. The first kappa shape index (κ1) is 14.0. The van der Waals surface area contributed by atoms with E-state index < -0.39 is 0 Å². The Hall–Kier alpha value is -0.940. The van der Waals surface area contributed by atoms with Crippen molar-refractivity contribution >= 4 is 17.2 Å². The minimum absolute atomic E-state index is 0.337. The van der Waals surface area contributed by atoms with Crippen LogP contribution in [-0.4, -0.2) is 46.9 Å². The highest BCUT2D eigenvalue weighted by Gasteiger charge is 2.35. The second-order valence-electron chi connectivity index (χ2n) is 6.11. The van der Waals surface area contributed by atoms with Crippen molar-refractivity contribution in [1.29, 1.82) is 0 Å². The molecule has 0 N–H and O–H groups in total. The van der Waals surface area contributed by atoms with Crippen molar-refractivity contribution < 1.29 is 4.79 Å². The van der Waals surface area contributed by atoms with E-state index in [4.69, 9.17) is 0 Å². The minimum Gasteiger partial charge on any atom is -0.342 e. The lowest BCUT2D eigenvalue weighted by molar-refractivity contribution is -0.132. The Labute approximate surface area is 124 Å². The average molecular weight is 293 g/mol. The molecular weight excluding hydrogens is 270 g/mol. The van der Waals surface area contributed by atoms with Crippen LogP contribution in [0.1, 0.15) is 36.3 Å². The van der Waals surface area contributed by atoms with Crippen LogP contribution in [0.5, 0.6) is 0 Å². The van der Waals surface area contributed by atoms with Crippen LogP contribution in [0.25, 0.3) is 0 Å². The molecule has 0 bridgehead atoms. The maximum Gasteiger partial charge on any atom is 0.222 e. The summed E-state index contributed by atoms with van der Waals surface area (Å²) < 4.78 is 0. The van der Waals surface area contributed by atoms with E-state index in [-0.39, 0.29) is 0 Å². The zero-order valence-corrected chi connectivity index (χ0v) is 13.2. The Morgan fingerprint density at radius 2 is 2.30 bits per heavy atom. The number of hydrogen-bond acceptors (Lipinski definition) is 4. The highest BCUT2D eigenvalue weighted by molar-refractivity contribution is 7.09. The van der Waals surface area contributed by atoms with Crippen LogP contribution in [0.3, 0.4) is 0 Å². The van der Waals surface area contributed by atoms with Gasteiger partial charge in [-0.25, -0.2) is 4.98 Å². The van der Waals surface area contributed by atoms with Crippen molar-refractivity contribution in [3.63, 3.8) is 0 Å². The largest absolute Gasteiger partial charge is 0.342 e. The predicted octanol–water partition coefficient (Wildman–Crippen LogP) is 2.28. The Kier molecular flexibility index (Phi) is 4.08. The zero-order chi connectivity index (χ0) is 14.1. The number of carbonyl (C=O) groups is 1. The molecule has 0 radical (unpaired) electrons. The van der Waals surface area contributed by atoms with Gasteiger partial charge in [0.15, 0.2) is 0 Å². The molecule has 2 saturated heterocycles. The third kappa shape index (κ3) is 2.74. The fraction of sp³-hybridized carbons (Fsp3) is 0.733. The Morgan fingerprint density at radius 1 is 1.45 bits per heavy atom. The van der Waals surface area contributed by atoms with E-state index in [9.17, 15) is 4.79 Å². The first-order valence-corrected chi connectivity index (χ1v) is 8.40. The lowest BCUT2D eigenvalue weighted by Crippen LogP contribution is -2.50. The number of thiazole rings is 1. The maximum absolute atomic E-state index is 12.0. The molecule has 1 amide bonds. The van der Waals surface area contributed by atoms with Gasteiger partial charge < -0.3 is 4.90 Å². The van der Waals surface area contributed by atoms with Crippen molar-refractivity contribution in [3.8, 4) is 0 Å². The Balaban J connectivity index is 1.66. The molecule has 2 atom stereocenters. The summed E-state index contributed by atoms with van der Waals surface area (Å²) in [6.07, 6.45) is 4.10. The number of rotatable bonds is 2. The predicted molar refractivity (Wildman–Crippen MR) is 80.6 cm³/mol. The summed E-state index contributed by atoms with van der Waals surface area (Å²) in [5.74, 6) is 0.984. The molecule has 2 aliphatic rings. The molecule has 20 heavy (non-hydrogen) atoms. The number of likely N-dealkylation sites (tertiary alicyclic amines) is 2. The number of piperidine rings is 1. The summed E-state index contributed by atoms with van der Waals surface area (Å²) in [6.45, 7) is 5.34. The first-order chi connectivity index (χ1) is 9.65. The van der Waals surface area contributed by atoms with Gasteiger partial charge in [0.1, 0.15) is 0 Å². The third-order valence-corrected chi connectivity index (χ3v) is 5.77. The molecule has 2 fully saturated rings. The summed E-state index contributed by atoms with van der Waals surface area (Å²) in [6, 6.07) is 0.462. The number of aryl methyl sites for hydroxylation is 1. The molecule has 4 nitrogen and oxygen atoms in total. The quantitative estimate of drug-likeness (QED) is 0.839. The summed E-state index contributed by atoms with van der Waals surface area (Å²) in [7, 11) is 1.99. The van der Waals surface area contributed by atoms with Gasteiger partial charge in [0, 0.05) is 44.0 Å². The van der Waals surface area contributed by atoms with E-state index in [0.717, 1.165) is 38.9 Å². The molecular formula is C15H23N3OS. The van der Waals surface area contributed by atoms with Gasteiger partial charge in [0.25, 0.3) is 0 Å². The number of amides is 1. The Bertz CT molecular complexity index is 487. The van der Waals surface area contributed by atoms with Crippen molar-refractivity contribution in [2.75, 3.05) is 20.1 Å². The van der Waals surface area contributed by atoms with Crippen LogP contribution >= 0.6 is 11.3 Å². The average Bonchev–Trinajstić information content (AvgIpc) is 2.77. The number of nitrogens with zero attached hydrogens (tertiary/aromatic N) is 3. The molecule has 0 aromatic carbocycles. The molecule has 0 aliphatic carbocycles. The van der Waals surface area contributed by atoms with Crippen LogP contribution < -0.4 is 0 Å². The van der Waals surface area contributed by atoms with Gasteiger partial charge in [-0.15, -0.1) is 11.3 Å². The molecule has 1 aromatic rings. The van der Waals surface area contributed by atoms with Crippen LogP contribution in [0, 0.1) is 12.8 Å².